The number of alkyl carbamates (subject to hydrolysis) is 1. The first-order chi connectivity index (χ1) is 27.9. The lowest BCUT2D eigenvalue weighted by Crippen LogP contribution is -2.49. The van der Waals surface area contributed by atoms with Crippen molar-refractivity contribution < 1.29 is 29.0 Å². The summed E-state index contributed by atoms with van der Waals surface area (Å²) in [5.74, 6) is -2.76. The van der Waals surface area contributed by atoms with Gasteiger partial charge in [0.25, 0.3) is 16.8 Å². The molecule has 3 aromatic carbocycles. The number of nitrogens with two attached hydrogens (primary N) is 1. The fourth-order valence-corrected chi connectivity index (χ4v) is 6.02. The molecular formula is C45H61N5O8. The van der Waals surface area contributed by atoms with Gasteiger partial charge in [0.2, 0.25) is 5.91 Å². The summed E-state index contributed by atoms with van der Waals surface area (Å²) in [5.41, 5.74) is 8.98. The Bertz CT molecular complexity index is 1960. The molecule has 58 heavy (non-hydrogen) atoms. The SMILES string of the molecule is CC.CC=CCCC.CCC.Nc1c(Nc2ccc(C(=O)N[C@@H](CC(=O)O)C(=O)NCCNC(=O)OC3Cc4ccccc4CCC4=C3C=CCC4)cc2)c(=O)c1=O. The number of aliphatic carboxylic acids is 1. The Morgan fingerprint density at radius 2 is 1.57 bits per heavy atom. The van der Waals surface area contributed by atoms with Gasteiger partial charge in [-0.1, -0.05) is 102 Å². The van der Waals surface area contributed by atoms with E-state index in [1.165, 1.54) is 54.7 Å². The first-order valence-corrected chi connectivity index (χ1v) is 20.2. The van der Waals surface area contributed by atoms with E-state index in [2.05, 4.69) is 73.3 Å². The Labute approximate surface area is 341 Å². The van der Waals surface area contributed by atoms with E-state index < -0.39 is 53.3 Å². The van der Waals surface area contributed by atoms with Crippen LogP contribution in [0.3, 0.4) is 0 Å². The van der Waals surface area contributed by atoms with Crippen LogP contribution in [0.25, 0.3) is 0 Å². The lowest BCUT2D eigenvalue weighted by atomic mass is 9.83. The normalized spacial score (nSPS) is 14.6. The molecule has 3 aromatic rings. The fourth-order valence-electron chi connectivity index (χ4n) is 6.02. The molecule has 0 aromatic heterocycles. The number of aryl methyl sites for hydroxylation is 1. The number of rotatable bonds is 13. The van der Waals surface area contributed by atoms with Crippen molar-refractivity contribution in [2.75, 3.05) is 24.1 Å². The summed E-state index contributed by atoms with van der Waals surface area (Å²) in [4.78, 5) is 72.8. The molecule has 7 N–H and O–H groups in total. The van der Waals surface area contributed by atoms with Crippen LogP contribution in [0.2, 0.25) is 0 Å². The van der Waals surface area contributed by atoms with E-state index in [4.69, 9.17) is 10.5 Å². The van der Waals surface area contributed by atoms with E-state index in [0.29, 0.717) is 12.1 Å². The van der Waals surface area contributed by atoms with Gasteiger partial charge in [-0.3, -0.25) is 24.0 Å². The Hall–Kier alpha value is -5.98. The number of carboxylic acids is 1. The molecule has 2 aliphatic carbocycles. The zero-order chi connectivity index (χ0) is 43.0. The van der Waals surface area contributed by atoms with Gasteiger partial charge >= 0.3 is 12.1 Å². The van der Waals surface area contributed by atoms with Crippen LogP contribution in [0.1, 0.15) is 108 Å². The molecule has 0 fully saturated rings. The number of benzene rings is 2. The van der Waals surface area contributed by atoms with E-state index in [-0.39, 0.29) is 30.0 Å². The van der Waals surface area contributed by atoms with Crippen LogP contribution in [0.4, 0.5) is 21.9 Å². The second kappa shape index (κ2) is 26.0. The number of nitrogen functional groups attached to an aromatic ring is 1. The molecule has 2 aliphatic rings. The number of hydrogen-bond acceptors (Lipinski definition) is 9. The number of allylic oxidation sites excluding steroid dienone is 4. The second-order valence-corrected chi connectivity index (χ2v) is 13.4. The molecule has 13 nitrogen and oxygen atoms in total. The minimum absolute atomic E-state index is 0.00682. The number of hydrogen-bond donors (Lipinski definition) is 6. The largest absolute Gasteiger partial charge is 0.481 e. The predicted molar refractivity (Wildman–Crippen MR) is 231 cm³/mol. The van der Waals surface area contributed by atoms with E-state index >= 15 is 0 Å². The lowest BCUT2D eigenvalue weighted by Gasteiger charge is -2.28. The molecule has 3 amide bonds. The highest BCUT2D eigenvalue weighted by Gasteiger charge is 2.27. The van der Waals surface area contributed by atoms with Gasteiger partial charge in [-0.05, 0) is 80.0 Å². The first kappa shape index (κ1) is 48.2. The third kappa shape index (κ3) is 15.2. The van der Waals surface area contributed by atoms with Crippen LogP contribution in [-0.4, -0.2) is 54.2 Å². The number of unbranched alkanes of at least 4 members (excludes halogenated alkanes) is 1. The lowest BCUT2D eigenvalue weighted by molar-refractivity contribution is -0.139. The topological polar surface area (TPSA) is 206 Å². The van der Waals surface area contributed by atoms with Gasteiger partial charge < -0.3 is 36.8 Å². The second-order valence-electron chi connectivity index (χ2n) is 13.4. The molecule has 1 unspecified atom stereocenters. The summed E-state index contributed by atoms with van der Waals surface area (Å²) >= 11 is 0. The Kier molecular flexibility index (Phi) is 21.6. The molecule has 0 aliphatic heterocycles. The average Bonchev–Trinajstić information content (AvgIpc) is 3.23. The Morgan fingerprint density at radius 3 is 2.17 bits per heavy atom. The summed E-state index contributed by atoms with van der Waals surface area (Å²) in [5, 5.41) is 19.6. The van der Waals surface area contributed by atoms with Gasteiger partial charge in [-0.25, -0.2) is 4.79 Å². The zero-order valence-electron chi connectivity index (χ0n) is 34.7. The number of carboxylic acid groups (broad SMARTS) is 1. The molecule has 2 atom stereocenters. The number of carbonyl (C=O) groups is 4. The summed E-state index contributed by atoms with van der Waals surface area (Å²) < 4.78 is 5.87. The van der Waals surface area contributed by atoms with E-state index in [1.54, 1.807) is 0 Å². The highest BCUT2D eigenvalue weighted by molar-refractivity contribution is 5.98. The van der Waals surface area contributed by atoms with Gasteiger partial charge in [0.15, 0.2) is 0 Å². The molecular weight excluding hydrogens is 739 g/mol. The molecule has 13 heteroatoms. The van der Waals surface area contributed by atoms with Crippen molar-refractivity contribution in [2.45, 2.75) is 111 Å². The number of amides is 3. The highest BCUT2D eigenvalue weighted by atomic mass is 16.6. The highest BCUT2D eigenvalue weighted by Crippen LogP contribution is 2.32. The van der Waals surface area contributed by atoms with Gasteiger partial charge in [0, 0.05) is 30.8 Å². The van der Waals surface area contributed by atoms with Gasteiger partial charge in [-0.15, -0.1) is 0 Å². The Balaban J connectivity index is 0.000000941. The number of ether oxygens (including phenoxy) is 1. The molecule has 5 rings (SSSR count). The first-order valence-electron chi connectivity index (χ1n) is 20.2. The minimum Gasteiger partial charge on any atom is -0.481 e. The summed E-state index contributed by atoms with van der Waals surface area (Å²) in [6.07, 6.45) is 14.6. The van der Waals surface area contributed by atoms with Crippen molar-refractivity contribution in [3.63, 3.8) is 0 Å². The maximum Gasteiger partial charge on any atom is 0.407 e. The van der Waals surface area contributed by atoms with Crippen molar-refractivity contribution in [3.05, 3.63) is 121 Å². The smallest absolute Gasteiger partial charge is 0.407 e. The quantitative estimate of drug-likeness (QED) is 0.0591. The third-order valence-electron chi connectivity index (χ3n) is 8.88. The number of nitrogens with one attached hydrogen (secondary N) is 4. The van der Waals surface area contributed by atoms with Crippen molar-refractivity contribution in [3.8, 4) is 0 Å². The van der Waals surface area contributed by atoms with Gasteiger partial charge in [0.05, 0.1) is 6.42 Å². The number of carbonyl (C=O) groups excluding carboxylic acids is 3. The van der Waals surface area contributed by atoms with E-state index in [1.807, 2.05) is 38.1 Å². The molecule has 0 heterocycles. The average molecular weight is 800 g/mol. The van der Waals surface area contributed by atoms with E-state index in [0.717, 1.165) is 36.8 Å². The molecule has 0 radical (unpaired) electrons. The molecule has 0 spiro atoms. The van der Waals surface area contributed by atoms with Crippen LogP contribution in [0.5, 0.6) is 0 Å². The van der Waals surface area contributed by atoms with Crippen molar-refractivity contribution in [2.24, 2.45) is 0 Å². The number of fused-ring (bicyclic) bond motifs is 1. The van der Waals surface area contributed by atoms with Crippen LogP contribution in [0.15, 0.2) is 93.6 Å². The third-order valence-corrected chi connectivity index (χ3v) is 8.88. The Morgan fingerprint density at radius 1 is 0.914 bits per heavy atom. The van der Waals surface area contributed by atoms with Crippen LogP contribution in [0, 0.1) is 0 Å². The fraction of sp³-hybridized carbons (Fsp3) is 0.422. The molecule has 314 valence electrons. The monoisotopic (exact) mass is 799 g/mol. The summed E-state index contributed by atoms with van der Waals surface area (Å²) in [6, 6.07) is 12.4. The predicted octanol–water partition coefficient (Wildman–Crippen LogP) is 7.03. The van der Waals surface area contributed by atoms with Gasteiger partial charge in [0.1, 0.15) is 23.5 Å². The van der Waals surface area contributed by atoms with E-state index in [9.17, 15) is 33.9 Å². The van der Waals surface area contributed by atoms with Crippen molar-refractivity contribution in [1.82, 2.24) is 16.0 Å². The summed E-state index contributed by atoms with van der Waals surface area (Å²) in [7, 11) is 0. The van der Waals surface area contributed by atoms with Crippen molar-refractivity contribution in [1.29, 1.82) is 0 Å². The van der Waals surface area contributed by atoms with Crippen LogP contribution >= 0.6 is 0 Å². The summed E-state index contributed by atoms with van der Waals surface area (Å²) in [6.45, 7) is 12.4. The maximum absolute atomic E-state index is 12.8. The van der Waals surface area contributed by atoms with Crippen LogP contribution in [-0.2, 0) is 27.2 Å². The van der Waals surface area contributed by atoms with Crippen LogP contribution < -0.4 is 37.9 Å². The molecule has 0 saturated carbocycles. The standard InChI is InChI=1S/C34H35N5O8.C6H12.C3H8.C2H6/c35-28-29(31(43)30(28)42)38-23-13-11-21(12-14-23)32(44)39-25(18-27(40)41)33(45)36-15-16-37-34(46)47-26-17-22-7-2-1-5-19(22)9-10-20-6-3-4-8-24(20)26;1-3-5-6-4-2;1-3-2;1-2/h1-2,4-5,7-8,11-14,25-26,38H,3,6,9-10,15-18,35H2,(H,36,45)(H,37,46)(H,39,44)(H,40,41);3,5H,4,6H2,1-2H3;3H2,1-2H3;1-2H3/t25-,26?;;;/m0.../s1. The molecule has 0 saturated heterocycles. The van der Waals surface area contributed by atoms with Crippen molar-refractivity contribution >= 4 is 40.9 Å². The van der Waals surface area contributed by atoms with Gasteiger partial charge in [-0.2, -0.15) is 0 Å². The zero-order valence-corrected chi connectivity index (χ0v) is 34.7. The number of anilines is 3. The minimum atomic E-state index is -1.40. The molecule has 0 bridgehead atoms. The maximum atomic E-state index is 12.8.